The highest BCUT2D eigenvalue weighted by atomic mass is 19.4. The Morgan fingerprint density at radius 1 is 1.44 bits per heavy atom. The highest BCUT2D eigenvalue weighted by Crippen LogP contribution is 2.28. The summed E-state index contributed by atoms with van der Waals surface area (Å²) in [6.07, 6.45) is -3.55. The number of aryl methyl sites for hydroxylation is 1. The third-order valence-corrected chi connectivity index (χ3v) is 2.09. The van der Waals surface area contributed by atoms with Crippen molar-refractivity contribution in [2.75, 3.05) is 0 Å². The molecule has 0 fully saturated rings. The normalized spacial score (nSPS) is 11.7. The quantitative estimate of drug-likeness (QED) is 0.689. The highest BCUT2D eigenvalue weighted by Gasteiger charge is 2.33. The first-order valence-electron chi connectivity index (χ1n) is 4.25. The molecule has 0 N–H and O–H groups in total. The summed E-state index contributed by atoms with van der Waals surface area (Å²) >= 11 is 0. The molecule has 0 saturated heterocycles. The van der Waals surface area contributed by atoms with Gasteiger partial charge in [-0.15, -0.1) is 0 Å². The van der Waals surface area contributed by atoms with Gasteiger partial charge in [0.15, 0.2) is 0 Å². The summed E-state index contributed by atoms with van der Waals surface area (Å²) < 4.78 is 38.2. The molecule has 4 nitrogen and oxygen atoms in total. The minimum atomic E-state index is -4.51. The van der Waals surface area contributed by atoms with Crippen LogP contribution in [0.2, 0.25) is 0 Å². The van der Waals surface area contributed by atoms with Crippen LogP contribution in [0.5, 0.6) is 0 Å². The number of fused-ring (bicyclic) bond motifs is 1. The molecule has 7 heteroatoms. The fourth-order valence-corrected chi connectivity index (χ4v) is 1.36. The topological polar surface area (TPSA) is 54.0 Å². The Kier molecular flexibility index (Phi) is 2.08. The van der Waals surface area contributed by atoms with Gasteiger partial charge < -0.3 is 0 Å². The first-order valence-corrected chi connectivity index (χ1v) is 4.25. The van der Waals surface area contributed by atoms with E-state index in [-0.39, 0.29) is 11.3 Å². The van der Waals surface area contributed by atoms with Crippen molar-refractivity contribution in [1.29, 1.82) is 5.26 Å². The van der Waals surface area contributed by atoms with Crippen molar-refractivity contribution < 1.29 is 13.2 Å². The first-order chi connectivity index (χ1) is 7.43. The van der Waals surface area contributed by atoms with Crippen molar-refractivity contribution in [3.8, 4) is 6.07 Å². The molecule has 0 atom stereocenters. The van der Waals surface area contributed by atoms with Gasteiger partial charge in [-0.05, 0) is 6.92 Å². The zero-order chi connectivity index (χ0) is 11.9. The van der Waals surface area contributed by atoms with Crippen molar-refractivity contribution in [3.63, 3.8) is 0 Å². The van der Waals surface area contributed by atoms with Crippen LogP contribution in [0, 0.1) is 18.3 Å². The molecule has 82 valence electrons. The lowest BCUT2D eigenvalue weighted by Crippen LogP contribution is -2.08. The maximum absolute atomic E-state index is 12.3. The molecule has 0 radical (unpaired) electrons. The van der Waals surface area contributed by atoms with Gasteiger partial charge in [0.1, 0.15) is 29.4 Å². The first kappa shape index (κ1) is 10.4. The molecule has 0 saturated carbocycles. The van der Waals surface area contributed by atoms with Crippen LogP contribution in [-0.4, -0.2) is 14.4 Å². The Morgan fingerprint density at radius 2 is 2.12 bits per heavy atom. The molecule has 0 aliphatic rings. The average Bonchev–Trinajstić information content (AvgIpc) is 2.50. The van der Waals surface area contributed by atoms with Crippen LogP contribution in [0.25, 0.3) is 5.65 Å². The van der Waals surface area contributed by atoms with E-state index in [0.29, 0.717) is 5.69 Å². The molecule has 0 amide bonds. The van der Waals surface area contributed by atoms with Gasteiger partial charge in [-0.3, -0.25) is 4.40 Å². The van der Waals surface area contributed by atoms with E-state index in [4.69, 9.17) is 5.26 Å². The number of halogens is 3. The van der Waals surface area contributed by atoms with Crippen LogP contribution >= 0.6 is 0 Å². The number of alkyl halides is 3. The SMILES string of the molecule is Cc1nc2cc(C(F)(F)F)ncn2c1C#N. The van der Waals surface area contributed by atoms with E-state index >= 15 is 0 Å². The van der Waals surface area contributed by atoms with E-state index in [2.05, 4.69) is 9.97 Å². The van der Waals surface area contributed by atoms with Crippen LogP contribution in [0.4, 0.5) is 13.2 Å². The van der Waals surface area contributed by atoms with E-state index in [1.807, 2.05) is 6.07 Å². The molecule has 2 rings (SSSR count). The number of rotatable bonds is 0. The number of nitrogens with zero attached hydrogens (tertiary/aromatic N) is 4. The smallest absolute Gasteiger partial charge is 0.274 e. The van der Waals surface area contributed by atoms with Crippen molar-refractivity contribution in [1.82, 2.24) is 14.4 Å². The number of hydrogen-bond donors (Lipinski definition) is 0. The maximum atomic E-state index is 12.3. The largest absolute Gasteiger partial charge is 0.433 e. The molecule has 2 aromatic rings. The van der Waals surface area contributed by atoms with Gasteiger partial charge in [-0.25, -0.2) is 9.97 Å². The molecule has 2 aromatic heterocycles. The minimum Gasteiger partial charge on any atom is -0.274 e. The van der Waals surface area contributed by atoms with Gasteiger partial charge >= 0.3 is 6.18 Å². The molecule has 0 spiro atoms. The highest BCUT2D eigenvalue weighted by molar-refractivity contribution is 5.47. The van der Waals surface area contributed by atoms with Crippen molar-refractivity contribution in [3.05, 3.63) is 29.5 Å². The third-order valence-electron chi connectivity index (χ3n) is 2.09. The monoisotopic (exact) mass is 226 g/mol. The summed E-state index contributed by atoms with van der Waals surface area (Å²) in [5.41, 5.74) is -0.384. The predicted octanol–water partition coefficient (Wildman–Crippen LogP) is 1.93. The van der Waals surface area contributed by atoms with E-state index in [9.17, 15) is 13.2 Å². The van der Waals surface area contributed by atoms with E-state index in [0.717, 1.165) is 12.4 Å². The molecule has 0 unspecified atom stereocenters. The number of hydrogen-bond acceptors (Lipinski definition) is 3. The lowest BCUT2D eigenvalue weighted by Gasteiger charge is -2.04. The van der Waals surface area contributed by atoms with Crippen LogP contribution in [-0.2, 0) is 6.18 Å². The molecule has 16 heavy (non-hydrogen) atoms. The summed E-state index contributed by atoms with van der Waals surface area (Å²) in [5.74, 6) is 0. The standard InChI is InChI=1S/C9H5F3N4/c1-5-6(3-13)16-4-14-7(9(10,11)12)2-8(16)15-5/h2,4H,1H3. The number of nitriles is 1. The fourth-order valence-electron chi connectivity index (χ4n) is 1.36. The Bertz CT molecular complexity index is 591. The zero-order valence-corrected chi connectivity index (χ0v) is 8.08. The summed E-state index contributed by atoms with van der Waals surface area (Å²) in [5, 5.41) is 8.77. The molecule has 0 aliphatic heterocycles. The second kappa shape index (κ2) is 3.20. The third kappa shape index (κ3) is 1.48. The zero-order valence-electron chi connectivity index (χ0n) is 8.08. The minimum absolute atomic E-state index is 0.0661. The molecule has 2 heterocycles. The number of imidazole rings is 1. The predicted molar refractivity (Wildman–Crippen MR) is 47.4 cm³/mol. The second-order valence-corrected chi connectivity index (χ2v) is 3.16. The van der Waals surface area contributed by atoms with Gasteiger partial charge in [0.2, 0.25) is 0 Å². The van der Waals surface area contributed by atoms with Crippen LogP contribution < -0.4 is 0 Å². The molecule has 0 aliphatic carbocycles. The summed E-state index contributed by atoms with van der Waals surface area (Å²) in [6.45, 7) is 1.55. The fraction of sp³-hybridized carbons (Fsp3) is 0.222. The molecule has 0 aromatic carbocycles. The summed E-state index contributed by atoms with van der Waals surface area (Å²) in [7, 11) is 0. The van der Waals surface area contributed by atoms with Gasteiger partial charge in [-0.1, -0.05) is 0 Å². The molecule has 0 bridgehead atoms. The van der Waals surface area contributed by atoms with Crippen molar-refractivity contribution in [2.45, 2.75) is 13.1 Å². The summed E-state index contributed by atoms with van der Waals surface area (Å²) in [4.78, 5) is 7.11. The van der Waals surface area contributed by atoms with Crippen LogP contribution in [0.15, 0.2) is 12.4 Å². The van der Waals surface area contributed by atoms with Gasteiger partial charge in [0.05, 0.1) is 5.69 Å². The Morgan fingerprint density at radius 3 is 2.69 bits per heavy atom. The van der Waals surface area contributed by atoms with Crippen LogP contribution in [0.1, 0.15) is 17.1 Å². The van der Waals surface area contributed by atoms with E-state index in [1.165, 1.54) is 4.40 Å². The van der Waals surface area contributed by atoms with Gasteiger partial charge in [0.25, 0.3) is 0 Å². The van der Waals surface area contributed by atoms with Crippen molar-refractivity contribution in [2.24, 2.45) is 0 Å². The Labute approximate surface area is 88.0 Å². The van der Waals surface area contributed by atoms with E-state index in [1.54, 1.807) is 6.92 Å². The van der Waals surface area contributed by atoms with Gasteiger partial charge in [0, 0.05) is 6.07 Å². The Balaban J connectivity index is 2.71. The lowest BCUT2D eigenvalue weighted by molar-refractivity contribution is -0.141. The second-order valence-electron chi connectivity index (χ2n) is 3.16. The molecular formula is C9H5F3N4. The van der Waals surface area contributed by atoms with Crippen LogP contribution in [0.3, 0.4) is 0 Å². The summed E-state index contributed by atoms with van der Waals surface area (Å²) in [6, 6.07) is 2.67. The lowest BCUT2D eigenvalue weighted by atomic mass is 10.4. The van der Waals surface area contributed by atoms with E-state index < -0.39 is 11.9 Å². The maximum Gasteiger partial charge on any atom is 0.433 e. The van der Waals surface area contributed by atoms with Crippen molar-refractivity contribution >= 4 is 5.65 Å². The molecular weight excluding hydrogens is 221 g/mol. The Hall–Kier alpha value is -2.10. The van der Waals surface area contributed by atoms with Gasteiger partial charge in [-0.2, -0.15) is 18.4 Å². The number of aromatic nitrogens is 3. The average molecular weight is 226 g/mol.